The van der Waals surface area contributed by atoms with Crippen LogP contribution in [0, 0.1) is 40.4 Å². The maximum atomic E-state index is 12.2. The van der Waals surface area contributed by atoms with E-state index < -0.39 is 0 Å². The third-order valence-corrected chi connectivity index (χ3v) is 9.06. The number of carbonyl (C=O) groups is 1. The predicted octanol–water partition coefficient (Wildman–Crippen LogP) is 3.57. The molecule has 9 atom stereocenters. The quantitative estimate of drug-likeness (QED) is 0.771. The summed E-state index contributed by atoms with van der Waals surface area (Å²) in [5, 5.41) is 21.3. The highest BCUT2D eigenvalue weighted by Gasteiger charge is 2.63. The first-order chi connectivity index (χ1) is 11.3. The maximum Gasteiger partial charge on any atom is 0.133 e. The van der Waals surface area contributed by atoms with Crippen LogP contribution in [0.4, 0.5) is 0 Å². The highest BCUT2D eigenvalue weighted by molar-refractivity contribution is 5.79. The molecule has 4 fully saturated rings. The Kier molecular flexibility index (Phi) is 3.93. The van der Waals surface area contributed by atoms with Gasteiger partial charge in [0.1, 0.15) is 5.78 Å². The second-order valence-corrected chi connectivity index (χ2v) is 10.0. The first kappa shape index (κ1) is 17.0. The monoisotopic (exact) mass is 334 g/mol. The van der Waals surface area contributed by atoms with Gasteiger partial charge in [0.2, 0.25) is 0 Å². The molecule has 0 radical (unpaired) electrons. The smallest absolute Gasteiger partial charge is 0.133 e. The lowest BCUT2D eigenvalue weighted by molar-refractivity contribution is -0.178. The van der Waals surface area contributed by atoms with Gasteiger partial charge in [0, 0.05) is 5.92 Å². The minimum atomic E-state index is -0.278. The van der Waals surface area contributed by atoms with E-state index in [9.17, 15) is 15.0 Å². The number of rotatable bonds is 1. The molecule has 136 valence electrons. The van der Waals surface area contributed by atoms with Crippen molar-refractivity contribution in [3.63, 3.8) is 0 Å². The Hall–Kier alpha value is -0.410. The molecule has 0 aromatic rings. The average molecular weight is 335 g/mol. The molecule has 4 rings (SSSR count). The number of hydrogen-bond donors (Lipinski definition) is 2. The summed E-state index contributed by atoms with van der Waals surface area (Å²) in [6.45, 7) is 6.43. The molecule has 3 heteroatoms. The summed E-state index contributed by atoms with van der Waals surface area (Å²) in [5.41, 5.74) is 0.182. The Morgan fingerprint density at radius 2 is 1.75 bits per heavy atom. The van der Waals surface area contributed by atoms with Gasteiger partial charge in [0.25, 0.3) is 0 Å². The zero-order valence-corrected chi connectivity index (χ0v) is 15.5. The molecule has 4 aliphatic carbocycles. The summed E-state index contributed by atoms with van der Waals surface area (Å²) in [4.78, 5) is 12.2. The van der Waals surface area contributed by atoms with Crippen LogP contribution in [0.5, 0.6) is 0 Å². The van der Waals surface area contributed by atoms with Gasteiger partial charge in [-0.1, -0.05) is 13.8 Å². The van der Waals surface area contributed by atoms with Crippen molar-refractivity contribution < 1.29 is 15.0 Å². The van der Waals surface area contributed by atoms with E-state index in [2.05, 4.69) is 13.8 Å². The van der Waals surface area contributed by atoms with Gasteiger partial charge in [-0.25, -0.2) is 0 Å². The lowest BCUT2D eigenvalue weighted by Crippen LogP contribution is -2.59. The van der Waals surface area contributed by atoms with Gasteiger partial charge < -0.3 is 10.2 Å². The van der Waals surface area contributed by atoms with Crippen LogP contribution in [0.15, 0.2) is 0 Å². The van der Waals surface area contributed by atoms with E-state index >= 15 is 0 Å². The molecule has 2 N–H and O–H groups in total. The van der Waals surface area contributed by atoms with Gasteiger partial charge in [0.15, 0.2) is 0 Å². The molecule has 4 aliphatic rings. The number of ketones is 1. The van der Waals surface area contributed by atoms with Gasteiger partial charge in [0.05, 0.1) is 12.2 Å². The summed E-state index contributed by atoms with van der Waals surface area (Å²) < 4.78 is 0. The SMILES string of the molecule is CC(=O)[C@@H]1CC[C@@H]2[C@@H]3CC[C@H]4C[C@H](O)CC[C@]4(C)[C@H]3[C@H](O)C[C@]21C. The van der Waals surface area contributed by atoms with Crippen molar-refractivity contribution in [2.24, 2.45) is 40.4 Å². The topological polar surface area (TPSA) is 57.5 Å². The Morgan fingerprint density at radius 1 is 1.00 bits per heavy atom. The van der Waals surface area contributed by atoms with E-state index in [1.165, 1.54) is 12.8 Å². The standard InChI is InChI=1S/C21H34O3/c1-12(22)16-6-7-17-15-5-4-13-10-14(23)8-9-20(13,2)19(15)18(24)11-21(16,17)3/h13-19,23-24H,4-11H2,1-3H3/t13-,14+,15-,16-,17+,18+,19+,20-,21-/m0/s1. The molecular formula is C21H34O3. The van der Waals surface area contributed by atoms with Crippen LogP contribution in [0.25, 0.3) is 0 Å². The summed E-state index contributed by atoms with van der Waals surface area (Å²) in [7, 11) is 0. The van der Waals surface area contributed by atoms with Crippen molar-refractivity contribution in [1.29, 1.82) is 0 Å². The molecule has 3 nitrogen and oxygen atoms in total. The number of hydrogen-bond acceptors (Lipinski definition) is 3. The van der Waals surface area contributed by atoms with Crippen molar-refractivity contribution in [2.75, 3.05) is 0 Å². The predicted molar refractivity (Wildman–Crippen MR) is 93.3 cm³/mol. The van der Waals surface area contributed by atoms with E-state index in [1.807, 2.05) is 0 Å². The molecule has 0 aromatic heterocycles. The van der Waals surface area contributed by atoms with Crippen molar-refractivity contribution in [3.05, 3.63) is 0 Å². The number of fused-ring (bicyclic) bond motifs is 5. The summed E-state index contributed by atoms with van der Waals surface area (Å²) in [5.74, 6) is 2.58. The summed E-state index contributed by atoms with van der Waals surface area (Å²) in [6, 6.07) is 0. The highest BCUT2D eigenvalue weighted by Crippen LogP contribution is 2.67. The Labute approximate surface area is 146 Å². The fraction of sp³-hybridized carbons (Fsp3) is 0.952. The molecule has 4 saturated carbocycles. The highest BCUT2D eigenvalue weighted by atomic mass is 16.3. The van der Waals surface area contributed by atoms with E-state index in [0.29, 0.717) is 29.5 Å². The summed E-state index contributed by atoms with van der Waals surface area (Å²) in [6.07, 6.45) is 7.80. The third kappa shape index (κ3) is 2.19. The number of carbonyl (C=O) groups excluding carboxylic acids is 1. The minimum Gasteiger partial charge on any atom is -0.393 e. The number of aliphatic hydroxyl groups is 2. The van der Waals surface area contributed by atoms with Crippen LogP contribution in [0.2, 0.25) is 0 Å². The molecule has 0 amide bonds. The third-order valence-electron chi connectivity index (χ3n) is 9.06. The fourth-order valence-corrected chi connectivity index (χ4v) is 8.03. The largest absolute Gasteiger partial charge is 0.393 e. The Bertz CT molecular complexity index is 531. The van der Waals surface area contributed by atoms with Gasteiger partial charge in [-0.05, 0) is 92.8 Å². The molecule has 0 spiro atoms. The van der Waals surface area contributed by atoms with Crippen molar-refractivity contribution in [3.8, 4) is 0 Å². The molecule has 0 bridgehead atoms. The first-order valence-electron chi connectivity index (χ1n) is 10.1. The molecule has 0 aliphatic heterocycles. The zero-order valence-electron chi connectivity index (χ0n) is 15.5. The molecule has 0 unspecified atom stereocenters. The lowest BCUT2D eigenvalue weighted by Gasteiger charge is -2.62. The van der Waals surface area contributed by atoms with Gasteiger partial charge in [-0.15, -0.1) is 0 Å². The van der Waals surface area contributed by atoms with Crippen molar-refractivity contribution >= 4 is 5.78 Å². The lowest BCUT2D eigenvalue weighted by atomic mass is 9.44. The molecular weight excluding hydrogens is 300 g/mol. The Morgan fingerprint density at radius 3 is 2.46 bits per heavy atom. The van der Waals surface area contributed by atoms with E-state index in [0.717, 1.165) is 38.5 Å². The number of aliphatic hydroxyl groups excluding tert-OH is 2. The first-order valence-corrected chi connectivity index (χ1v) is 10.1. The Balaban J connectivity index is 1.67. The molecule has 24 heavy (non-hydrogen) atoms. The second kappa shape index (κ2) is 5.54. The van der Waals surface area contributed by atoms with Crippen LogP contribution in [-0.4, -0.2) is 28.2 Å². The van der Waals surface area contributed by atoms with E-state index in [-0.39, 0.29) is 29.0 Å². The molecule has 0 saturated heterocycles. The second-order valence-electron chi connectivity index (χ2n) is 10.0. The fourth-order valence-electron chi connectivity index (χ4n) is 8.03. The normalized spacial score (nSPS) is 57.0. The number of Topliss-reactive ketones (excluding diaryl/α,β-unsaturated/α-hetero) is 1. The van der Waals surface area contributed by atoms with Crippen LogP contribution in [0.3, 0.4) is 0 Å². The molecule has 0 aromatic carbocycles. The zero-order chi connectivity index (χ0) is 17.3. The minimum absolute atomic E-state index is 0.00376. The summed E-state index contributed by atoms with van der Waals surface area (Å²) >= 11 is 0. The van der Waals surface area contributed by atoms with Crippen LogP contribution in [-0.2, 0) is 4.79 Å². The molecule has 0 heterocycles. The van der Waals surface area contributed by atoms with Crippen LogP contribution < -0.4 is 0 Å². The van der Waals surface area contributed by atoms with Gasteiger partial charge in [-0.2, -0.15) is 0 Å². The average Bonchev–Trinajstić information content (AvgIpc) is 2.84. The van der Waals surface area contributed by atoms with Crippen LogP contribution in [0.1, 0.15) is 72.1 Å². The van der Waals surface area contributed by atoms with Crippen molar-refractivity contribution in [1.82, 2.24) is 0 Å². The van der Waals surface area contributed by atoms with Gasteiger partial charge in [-0.3, -0.25) is 4.79 Å². The maximum absolute atomic E-state index is 12.2. The van der Waals surface area contributed by atoms with E-state index in [1.54, 1.807) is 6.92 Å². The van der Waals surface area contributed by atoms with E-state index in [4.69, 9.17) is 0 Å². The van der Waals surface area contributed by atoms with Crippen LogP contribution >= 0.6 is 0 Å². The van der Waals surface area contributed by atoms with Crippen molar-refractivity contribution in [2.45, 2.75) is 84.3 Å². The van der Waals surface area contributed by atoms with Gasteiger partial charge >= 0.3 is 0 Å².